The van der Waals surface area contributed by atoms with E-state index in [1.807, 2.05) is 12.3 Å². The Morgan fingerprint density at radius 3 is 2.65 bits per heavy atom. The van der Waals surface area contributed by atoms with Gasteiger partial charge in [0.2, 0.25) is 11.8 Å². The zero-order valence-corrected chi connectivity index (χ0v) is 21.9. The van der Waals surface area contributed by atoms with Gasteiger partial charge in [0.1, 0.15) is 17.7 Å². The Labute approximate surface area is 229 Å². The molecule has 1 fully saturated rings. The summed E-state index contributed by atoms with van der Waals surface area (Å²) in [6, 6.07) is 10.9. The smallest absolute Gasteiger partial charge is 0.325 e. The van der Waals surface area contributed by atoms with E-state index in [1.54, 1.807) is 4.52 Å². The molecule has 3 N–H and O–H groups in total. The Kier molecular flexibility index (Phi) is 8.27. The predicted molar refractivity (Wildman–Crippen MR) is 144 cm³/mol. The number of ether oxygens (including phenoxy) is 1. The fourth-order valence-electron chi connectivity index (χ4n) is 4.72. The van der Waals surface area contributed by atoms with Crippen LogP contribution in [0.5, 0.6) is 11.6 Å². The first-order chi connectivity index (χ1) is 19.4. The van der Waals surface area contributed by atoms with Crippen molar-refractivity contribution in [3.63, 3.8) is 0 Å². The van der Waals surface area contributed by atoms with Crippen molar-refractivity contribution in [2.24, 2.45) is 0 Å². The molecule has 12 heteroatoms. The number of amides is 3. The molecular formula is C28H29F2N7O3. The third-order valence-electron chi connectivity index (χ3n) is 6.78. The van der Waals surface area contributed by atoms with Gasteiger partial charge in [0.15, 0.2) is 11.6 Å². The molecule has 5 rings (SSSR count). The maximum absolute atomic E-state index is 15.0. The summed E-state index contributed by atoms with van der Waals surface area (Å²) in [7, 11) is 2.09. The number of benzene rings is 2. The highest BCUT2D eigenvalue weighted by molar-refractivity contribution is 6.01. The lowest BCUT2D eigenvalue weighted by atomic mass is 10.0. The van der Waals surface area contributed by atoms with Gasteiger partial charge < -0.3 is 15.4 Å². The number of urea groups is 1. The van der Waals surface area contributed by atoms with Crippen LogP contribution in [0.4, 0.5) is 19.3 Å². The SMILES string of the molecule is CN(Cc1ccn2ncnc(Oc3ccc(NC(=O)NC(=O)Cc4ccc(F)cc4)cc3F)c12)C1CCNCC1. The van der Waals surface area contributed by atoms with Gasteiger partial charge in [0, 0.05) is 30.5 Å². The van der Waals surface area contributed by atoms with Gasteiger partial charge in [-0.2, -0.15) is 10.1 Å². The van der Waals surface area contributed by atoms with Crippen LogP contribution in [0, 0.1) is 11.6 Å². The summed E-state index contributed by atoms with van der Waals surface area (Å²) in [5, 5.41) is 12.2. The van der Waals surface area contributed by atoms with Crippen LogP contribution < -0.4 is 20.7 Å². The average Bonchev–Trinajstić information content (AvgIpc) is 3.35. The van der Waals surface area contributed by atoms with Gasteiger partial charge in [-0.3, -0.25) is 15.0 Å². The monoisotopic (exact) mass is 549 g/mol. The number of piperidine rings is 1. The Hall–Kier alpha value is -4.42. The minimum Gasteiger partial charge on any atom is -0.434 e. The second-order valence-electron chi connectivity index (χ2n) is 9.65. The molecule has 0 radical (unpaired) electrons. The summed E-state index contributed by atoms with van der Waals surface area (Å²) >= 11 is 0. The quantitative estimate of drug-likeness (QED) is 0.306. The first-order valence-corrected chi connectivity index (χ1v) is 12.9. The minimum atomic E-state index is -0.826. The lowest BCUT2D eigenvalue weighted by Crippen LogP contribution is -2.40. The number of anilines is 1. The van der Waals surface area contributed by atoms with E-state index in [0.29, 0.717) is 23.7 Å². The van der Waals surface area contributed by atoms with Crippen LogP contribution >= 0.6 is 0 Å². The van der Waals surface area contributed by atoms with Crippen molar-refractivity contribution in [1.82, 2.24) is 30.1 Å². The Morgan fingerprint density at radius 2 is 1.90 bits per heavy atom. The van der Waals surface area contributed by atoms with E-state index in [1.165, 1.54) is 42.7 Å². The first kappa shape index (κ1) is 27.2. The van der Waals surface area contributed by atoms with Crippen molar-refractivity contribution < 1.29 is 23.1 Å². The largest absolute Gasteiger partial charge is 0.434 e. The average molecular weight is 550 g/mol. The van der Waals surface area contributed by atoms with Crippen molar-refractivity contribution in [1.29, 1.82) is 0 Å². The molecule has 0 atom stereocenters. The summed E-state index contributed by atoms with van der Waals surface area (Å²) in [5.74, 6) is -1.62. The maximum Gasteiger partial charge on any atom is 0.325 e. The van der Waals surface area contributed by atoms with Gasteiger partial charge in [0.25, 0.3) is 0 Å². The van der Waals surface area contributed by atoms with E-state index >= 15 is 0 Å². The lowest BCUT2D eigenvalue weighted by Gasteiger charge is -2.31. The second-order valence-corrected chi connectivity index (χ2v) is 9.65. The number of hydrogen-bond acceptors (Lipinski definition) is 7. The number of nitrogens with one attached hydrogen (secondary N) is 3. The number of rotatable bonds is 8. The lowest BCUT2D eigenvalue weighted by molar-refractivity contribution is -0.119. The van der Waals surface area contributed by atoms with E-state index in [2.05, 4.69) is 38.0 Å². The van der Waals surface area contributed by atoms with Gasteiger partial charge in [-0.15, -0.1) is 0 Å². The molecule has 4 aromatic rings. The van der Waals surface area contributed by atoms with Crippen molar-refractivity contribution >= 4 is 23.1 Å². The zero-order chi connectivity index (χ0) is 28.1. The topological polar surface area (TPSA) is 113 Å². The molecule has 0 aliphatic carbocycles. The van der Waals surface area contributed by atoms with Gasteiger partial charge in [-0.25, -0.2) is 18.1 Å². The van der Waals surface area contributed by atoms with E-state index in [4.69, 9.17) is 4.74 Å². The van der Waals surface area contributed by atoms with Crippen LogP contribution in [0.15, 0.2) is 61.1 Å². The molecule has 1 aliphatic rings. The molecule has 0 saturated carbocycles. The van der Waals surface area contributed by atoms with Crippen molar-refractivity contribution in [2.75, 3.05) is 25.5 Å². The number of aromatic nitrogens is 3. The zero-order valence-electron chi connectivity index (χ0n) is 21.9. The molecule has 0 unspecified atom stereocenters. The first-order valence-electron chi connectivity index (χ1n) is 12.9. The molecule has 208 valence electrons. The second kappa shape index (κ2) is 12.2. The molecule has 1 aliphatic heterocycles. The standard InChI is InChI=1S/C28H29F2N7O3/c1-36(22-8-11-31-12-9-22)16-19-10-13-37-26(19)27(32-17-33-37)40-24-7-6-21(15-23(24)30)34-28(39)35-25(38)14-18-2-4-20(29)5-3-18/h2-7,10,13,15,17,22,31H,8-9,11-12,14,16H2,1H3,(H2,34,35,38,39). The molecule has 0 bridgehead atoms. The molecule has 0 spiro atoms. The highest BCUT2D eigenvalue weighted by Gasteiger charge is 2.21. The van der Waals surface area contributed by atoms with Crippen molar-refractivity contribution in [3.8, 4) is 11.6 Å². The predicted octanol–water partition coefficient (Wildman–Crippen LogP) is 3.87. The normalized spacial score (nSPS) is 13.9. The third-order valence-corrected chi connectivity index (χ3v) is 6.78. The highest BCUT2D eigenvalue weighted by Crippen LogP contribution is 2.30. The fourth-order valence-corrected chi connectivity index (χ4v) is 4.72. The van der Waals surface area contributed by atoms with Gasteiger partial charge in [0.05, 0.1) is 6.42 Å². The van der Waals surface area contributed by atoms with Crippen LogP contribution in [-0.2, 0) is 17.8 Å². The number of halogens is 2. The fraction of sp³-hybridized carbons (Fsp3) is 0.286. The van der Waals surface area contributed by atoms with Gasteiger partial charge in [-0.1, -0.05) is 12.1 Å². The molecule has 2 aromatic heterocycles. The maximum atomic E-state index is 15.0. The van der Waals surface area contributed by atoms with E-state index < -0.39 is 23.6 Å². The van der Waals surface area contributed by atoms with E-state index in [0.717, 1.165) is 37.6 Å². The number of carbonyl (C=O) groups excluding carboxylic acids is 2. The highest BCUT2D eigenvalue weighted by atomic mass is 19.1. The minimum absolute atomic E-state index is 0.0854. The van der Waals surface area contributed by atoms with Crippen LogP contribution in [0.1, 0.15) is 24.0 Å². The summed E-state index contributed by atoms with van der Waals surface area (Å²) in [6.45, 7) is 2.63. The van der Waals surface area contributed by atoms with Gasteiger partial charge >= 0.3 is 6.03 Å². The third kappa shape index (κ3) is 6.58. The summed E-state index contributed by atoms with van der Waals surface area (Å²) < 4.78 is 35.5. The number of carbonyl (C=O) groups is 2. The van der Waals surface area contributed by atoms with Crippen LogP contribution in [0.2, 0.25) is 0 Å². The summed E-state index contributed by atoms with van der Waals surface area (Å²) in [6.07, 6.45) is 5.17. The molecular weight excluding hydrogens is 520 g/mol. The number of nitrogens with zero attached hydrogens (tertiary/aromatic N) is 4. The Morgan fingerprint density at radius 1 is 1.12 bits per heavy atom. The number of hydrogen-bond donors (Lipinski definition) is 3. The van der Waals surface area contributed by atoms with Crippen LogP contribution in [0.3, 0.4) is 0 Å². The molecule has 2 aromatic carbocycles. The molecule has 3 heterocycles. The molecule has 3 amide bonds. The van der Waals surface area contributed by atoms with Crippen LogP contribution in [-0.4, -0.2) is 57.6 Å². The van der Waals surface area contributed by atoms with Crippen molar-refractivity contribution in [3.05, 3.63) is 83.8 Å². The van der Waals surface area contributed by atoms with Gasteiger partial charge in [-0.05, 0) is 74.4 Å². The number of fused-ring (bicyclic) bond motifs is 1. The Bertz CT molecular complexity index is 1500. The number of imide groups is 1. The van der Waals surface area contributed by atoms with E-state index in [-0.39, 0.29) is 23.7 Å². The summed E-state index contributed by atoms with van der Waals surface area (Å²) in [4.78, 5) is 30.9. The molecule has 1 saturated heterocycles. The molecule has 10 nitrogen and oxygen atoms in total. The van der Waals surface area contributed by atoms with Crippen LogP contribution in [0.25, 0.3) is 5.52 Å². The Balaban J connectivity index is 1.23. The summed E-state index contributed by atoms with van der Waals surface area (Å²) in [5.41, 5.74) is 2.26. The molecule has 40 heavy (non-hydrogen) atoms. The van der Waals surface area contributed by atoms with Crippen molar-refractivity contribution in [2.45, 2.75) is 31.8 Å². The van der Waals surface area contributed by atoms with E-state index in [9.17, 15) is 18.4 Å².